The Labute approximate surface area is 287 Å². The average molecular weight is 681 g/mol. The van der Waals surface area contributed by atoms with Crippen molar-refractivity contribution in [2.75, 3.05) is 57.3 Å². The number of ether oxygens (including phenoxy) is 2. The lowest BCUT2D eigenvalue weighted by Gasteiger charge is -2.36. The highest BCUT2D eigenvalue weighted by molar-refractivity contribution is 5.76. The fraction of sp³-hybridized carbons (Fsp3) is 0.556. The van der Waals surface area contributed by atoms with Gasteiger partial charge in [-0.15, -0.1) is 0 Å². The Morgan fingerprint density at radius 2 is 1.82 bits per heavy atom. The number of anilines is 1. The second kappa shape index (κ2) is 16.9. The number of benzene rings is 1. The molecule has 0 saturated carbocycles. The van der Waals surface area contributed by atoms with Crippen LogP contribution >= 0.6 is 0 Å². The molecular weight excluding hydrogens is 631 g/mol. The number of piperazine rings is 2. The summed E-state index contributed by atoms with van der Waals surface area (Å²) in [4.78, 5) is 44.2. The second-order valence-electron chi connectivity index (χ2n) is 13.4. The maximum atomic E-state index is 15.0. The van der Waals surface area contributed by atoms with Crippen molar-refractivity contribution in [3.8, 4) is 0 Å². The Balaban J connectivity index is 1.30. The molecule has 0 aliphatic carbocycles. The summed E-state index contributed by atoms with van der Waals surface area (Å²) in [6.07, 6.45) is 7.25. The van der Waals surface area contributed by atoms with E-state index in [4.69, 9.17) is 9.47 Å². The van der Waals surface area contributed by atoms with E-state index in [-0.39, 0.29) is 36.8 Å². The molecule has 3 aliphatic heterocycles. The summed E-state index contributed by atoms with van der Waals surface area (Å²) in [7, 11) is 0. The van der Waals surface area contributed by atoms with Gasteiger partial charge >= 0.3 is 12.1 Å². The van der Waals surface area contributed by atoms with Gasteiger partial charge in [-0.25, -0.2) is 9.18 Å². The molecule has 49 heavy (non-hydrogen) atoms. The standard InChI is InChI=1S/C36H49FN6O6/c1-25-5-7-31(44)23-34(46)49-35(26(2)6-8-32(25)48-36(47)42-13-10-38-11-14-42)27(3)19-28-20-29(37)22-30(21-28)40-15-17-41(18-16-40)33(45)24-43-12-4-9-39-43/h4,6,8-9,12,19-22,25-26,31-32,35,38,44H,5,7,10-11,13-18,23-24H2,1-3H3/b8-6+,27-19+/t25-,26-,31+,32?,35-/m0/s1. The molecular formula is C36H49FN6O6. The van der Waals surface area contributed by atoms with E-state index in [9.17, 15) is 23.9 Å². The molecule has 1 aromatic heterocycles. The zero-order chi connectivity index (χ0) is 34.9. The lowest BCUT2D eigenvalue weighted by Crippen LogP contribution is -2.49. The van der Waals surface area contributed by atoms with Crippen molar-refractivity contribution in [1.82, 2.24) is 24.9 Å². The van der Waals surface area contributed by atoms with E-state index in [1.807, 2.05) is 45.1 Å². The van der Waals surface area contributed by atoms with E-state index < -0.39 is 30.1 Å². The Hall–Kier alpha value is -4.23. The SMILES string of the molecule is C/C(=C\c1cc(F)cc(N2CCN(C(=O)Cn3cccn3)CC2)c1)[C@H]1OC(=O)C[C@H](O)CC[C@H](C)C(OC(=O)N2CCNCC2)/C=C/[C@@H]1C. The van der Waals surface area contributed by atoms with Crippen LogP contribution in [0.4, 0.5) is 14.9 Å². The largest absolute Gasteiger partial charge is 0.457 e. The van der Waals surface area contributed by atoms with Crippen LogP contribution in [0.2, 0.25) is 0 Å². The molecule has 5 atom stereocenters. The third-order valence-electron chi connectivity index (χ3n) is 9.47. The predicted molar refractivity (Wildman–Crippen MR) is 183 cm³/mol. The van der Waals surface area contributed by atoms with Gasteiger partial charge < -0.3 is 34.6 Å². The van der Waals surface area contributed by atoms with Crippen LogP contribution in [0.25, 0.3) is 6.08 Å². The van der Waals surface area contributed by atoms with Crippen LogP contribution in [0.3, 0.4) is 0 Å². The number of hydrogen-bond donors (Lipinski definition) is 2. The number of hydrogen-bond acceptors (Lipinski definition) is 9. The molecule has 2 saturated heterocycles. The molecule has 12 nitrogen and oxygen atoms in total. The molecule has 1 unspecified atom stereocenters. The number of amides is 2. The third-order valence-corrected chi connectivity index (χ3v) is 9.47. The molecule has 2 fully saturated rings. The van der Waals surface area contributed by atoms with Crippen LogP contribution in [0.1, 0.15) is 45.6 Å². The van der Waals surface area contributed by atoms with Crippen molar-refractivity contribution in [2.45, 2.75) is 64.9 Å². The third kappa shape index (κ3) is 10.1. The van der Waals surface area contributed by atoms with Gasteiger partial charge in [0.15, 0.2) is 0 Å². The van der Waals surface area contributed by atoms with Crippen LogP contribution in [0, 0.1) is 17.7 Å². The van der Waals surface area contributed by atoms with Gasteiger partial charge in [0.25, 0.3) is 0 Å². The maximum Gasteiger partial charge on any atom is 0.410 e. The van der Waals surface area contributed by atoms with Crippen LogP contribution < -0.4 is 10.2 Å². The van der Waals surface area contributed by atoms with E-state index in [0.29, 0.717) is 82.0 Å². The highest BCUT2D eigenvalue weighted by Gasteiger charge is 2.29. The Bertz CT molecular complexity index is 1480. The quantitative estimate of drug-likeness (QED) is 0.348. The molecule has 266 valence electrons. The summed E-state index contributed by atoms with van der Waals surface area (Å²) in [5.74, 6) is -1.33. The first-order valence-corrected chi connectivity index (χ1v) is 17.3. The van der Waals surface area contributed by atoms with Crippen LogP contribution in [-0.2, 0) is 25.6 Å². The number of esters is 1. The minimum absolute atomic E-state index is 0.0115. The normalized spacial score (nSPS) is 26.7. The number of aliphatic hydroxyl groups is 1. The number of rotatable bonds is 6. The van der Waals surface area contributed by atoms with E-state index in [1.54, 1.807) is 32.9 Å². The fourth-order valence-corrected chi connectivity index (χ4v) is 6.54. The first-order valence-electron chi connectivity index (χ1n) is 17.3. The zero-order valence-electron chi connectivity index (χ0n) is 28.7. The van der Waals surface area contributed by atoms with E-state index in [1.165, 1.54) is 12.1 Å². The highest BCUT2D eigenvalue weighted by Crippen LogP contribution is 2.27. The molecule has 0 spiro atoms. The van der Waals surface area contributed by atoms with Gasteiger partial charge in [0, 0.05) is 76.4 Å². The number of aliphatic hydroxyl groups excluding tert-OH is 1. The second-order valence-corrected chi connectivity index (χ2v) is 13.4. The molecule has 2 aromatic rings. The predicted octanol–water partition coefficient (Wildman–Crippen LogP) is 3.47. The monoisotopic (exact) mass is 680 g/mol. The van der Waals surface area contributed by atoms with Gasteiger partial charge in [0.1, 0.15) is 24.6 Å². The Morgan fingerprint density at radius 3 is 2.53 bits per heavy atom. The first kappa shape index (κ1) is 36.1. The van der Waals surface area contributed by atoms with Crippen molar-refractivity contribution in [1.29, 1.82) is 0 Å². The van der Waals surface area contributed by atoms with E-state index in [2.05, 4.69) is 15.3 Å². The van der Waals surface area contributed by atoms with Gasteiger partial charge in [0.2, 0.25) is 5.91 Å². The lowest BCUT2D eigenvalue weighted by molar-refractivity contribution is -0.151. The molecule has 5 rings (SSSR count). The minimum Gasteiger partial charge on any atom is -0.457 e. The molecule has 2 N–H and O–H groups in total. The first-order chi connectivity index (χ1) is 23.5. The Kier molecular flexibility index (Phi) is 12.5. The molecule has 0 radical (unpaired) electrons. The summed E-state index contributed by atoms with van der Waals surface area (Å²) in [5, 5.41) is 18.0. The van der Waals surface area contributed by atoms with Crippen molar-refractivity contribution >= 4 is 29.7 Å². The summed E-state index contributed by atoms with van der Waals surface area (Å²) in [6.45, 7) is 10.6. The molecule has 13 heteroatoms. The fourth-order valence-electron chi connectivity index (χ4n) is 6.54. The van der Waals surface area contributed by atoms with Crippen molar-refractivity contribution in [3.05, 3.63) is 65.8 Å². The Morgan fingerprint density at radius 1 is 1.06 bits per heavy atom. The summed E-state index contributed by atoms with van der Waals surface area (Å²) < 4.78 is 28.5. The number of carbonyl (C=O) groups is 3. The van der Waals surface area contributed by atoms with Gasteiger partial charge in [0.05, 0.1) is 12.5 Å². The van der Waals surface area contributed by atoms with Crippen molar-refractivity contribution in [3.63, 3.8) is 0 Å². The van der Waals surface area contributed by atoms with Gasteiger partial charge in [-0.2, -0.15) is 5.10 Å². The number of nitrogens with one attached hydrogen (secondary N) is 1. The summed E-state index contributed by atoms with van der Waals surface area (Å²) in [6, 6.07) is 6.59. The summed E-state index contributed by atoms with van der Waals surface area (Å²) >= 11 is 0. The number of cyclic esters (lactones) is 1. The zero-order valence-corrected chi connectivity index (χ0v) is 28.7. The molecule has 2 amide bonds. The van der Waals surface area contributed by atoms with Gasteiger partial charge in [-0.1, -0.05) is 26.0 Å². The minimum atomic E-state index is -0.893. The topological polar surface area (TPSA) is 129 Å². The smallest absolute Gasteiger partial charge is 0.410 e. The van der Waals surface area contributed by atoms with E-state index >= 15 is 0 Å². The van der Waals surface area contributed by atoms with Crippen LogP contribution in [0.5, 0.6) is 0 Å². The van der Waals surface area contributed by atoms with Gasteiger partial charge in [-0.05, 0) is 67.2 Å². The molecule has 1 aromatic carbocycles. The number of nitrogens with zero attached hydrogens (tertiary/aromatic N) is 5. The van der Waals surface area contributed by atoms with Gasteiger partial charge in [-0.3, -0.25) is 14.3 Å². The molecule has 3 aliphatic rings. The molecule has 4 heterocycles. The summed E-state index contributed by atoms with van der Waals surface area (Å²) in [5.41, 5.74) is 2.01. The maximum absolute atomic E-state index is 15.0. The van der Waals surface area contributed by atoms with Crippen molar-refractivity contribution < 1.29 is 33.4 Å². The van der Waals surface area contributed by atoms with Crippen LogP contribution in [-0.4, -0.2) is 113 Å². The number of aromatic nitrogens is 2. The van der Waals surface area contributed by atoms with Crippen LogP contribution in [0.15, 0.2) is 54.4 Å². The number of halogens is 1. The van der Waals surface area contributed by atoms with Crippen molar-refractivity contribution in [2.24, 2.45) is 11.8 Å². The average Bonchev–Trinajstić information content (AvgIpc) is 3.60. The molecule has 0 bridgehead atoms. The lowest BCUT2D eigenvalue weighted by atomic mass is 9.91. The van der Waals surface area contributed by atoms with E-state index in [0.717, 1.165) is 0 Å². The number of carbonyl (C=O) groups excluding carboxylic acids is 3. The highest BCUT2D eigenvalue weighted by atomic mass is 19.1.